The summed E-state index contributed by atoms with van der Waals surface area (Å²) in [5.74, 6) is 0. The number of hydrogen-bond donors (Lipinski definition) is 0. The number of aromatic nitrogens is 7. The third-order valence-electron chi connectivity index (χ3n) is 19.4. The lowest BCUT2D eigenvalue weighted by Gasteiger charge is -2.36. The summed E-state index contributed by atoms with van der Waals surface area (Å²) in [7, 11) is 0. The molecule has 0 radical (unpaired) electrons. The Balaban J connectivity index is -0.000000202. The molecule has 5 heterocycles. The zero-order valence-electron chi connectivity index (χ0n) is 83.8. The molecule has 0 atom stereocenters. The van der Waals surface area contributed by atoms with E-state index < -0.39 is 0 Å². The van der Waals surface area contributed by atoms with E-state index in [0.29, 0.717) is 16.2 Å². The minimum atomic E-state index is 0. The number of pyridine rings is 3. The smallest absolute Gasteiger partial charge is 0.115 e. The second-order valence-electron chi connectivity index (χ2n) is 25.9. The van der Waals surface area contributed by atoms with Gasteiger partial charge >= 0.3 is 0 Å². The SMILES string of the molecule is C.C.C.CC.CC.CC.CC.CC.CC.CC.CC.CC.CC.CC.CC.CC.CC.Cc1ccc2c(c1)-c1ccccc1C21CCCCC1.Cc1ccc2c(c1)C1(CCCCC1)c1ccccc1-2.Cc1cccc2c1-c1ccccc1C21CCCCC1.Cc1ccccn1.Cc1cccnc1.Cc1ccncc1.Cc1ccncn1.Cc1cnccn1. The van der Waals surface area contributed by atoms with Gasteiger partial charge < -0.3 is 0 Å². The van der Waals surface area contributed by atoms with Gasteiger partial charge in [-0.25, -0.2) is 9.97 Å². The van der Waals surface area contributed by atoms with E-state index in [0.717, 1.165) is 17.1 Å². The number of fused-ring (bicyclic) bond motifs is 15. The average Bonchev–Trinajstić information content (AvgIpc) is 1.58. The molecular weight excluding hydrogens is 1490 g/mol. The summed E-state index contributed by atoms with van der Waals surface area (Å²) in [5.41, 5.74) is 29.3. The Hall–Kier alpha value is -9.07. The van der Waals surface area contributed by atoms with E-state index in [9.17, 15) is 0 Å². The van der Waals surface area contributed by atoms with Crippen molar-refractivity contribution in [3.8, 4) is 33.4 Å². The Morgan fingerprint density at radius 2 is 0.585 bits per heavy atom. The molecule has 688 valence electrons. The summed E-state index contributed by atoms with van der Waals surface area (Å²) in [5, 5.41) is 0. The number of benzene rings is 6. The Morgan fingerprint density at radius 3 is 0.943 bits per heavy atom. The highest BCUT2D eigenvalue weighted by atomic mass is 14.8. The van der Waals surface area contributed by atoms with Gasteiger partial charge in [0.2, 0.25) is 0 Å². The highest BCUT2D eigenvalue weighted by Crippen LogP contribution is 2.58. The van der Waals surface area contributed by atoms with Crippen LogP contribution in [0.2, 0.25) is 0 Å². The van der Waals surface area contributed by atoms with Crippen LogP contribution in [0.4, 0.5) is 0 Å². The maximum Gasteiger partial charge on any atom is 0.115 e. The van der Waals surface area contributed by atoms with Crippen molar-refractivity contribution in [1.82, 2.24) is 34.9 Å². The maximum atomic E-state index is 3.98. The molecule has 3 spiro atoms. The van der Waals surface area contributed by atoms with Crippen molar-refractivity contribution in [2.45, 2.75) is 384 Å². The van der Waals surface area contributed by atoms with Crippen LogP contribution < -0.4 is 0 Å². The van der Waals surface area contributed by atoms with Crippen LogP contribution in [-0.4, -0.2) is 34.9 Å². The van der Waals surface area contributed by atoms with Gasteiger partial charge in [0, 0.05) is 83.4 Å². The van der Waals surface area contributed by atoms with Crippen LogP contribution in [-0.2, 0) is 16.2 Å². The molecule has 7 nitrogen and oxygen atoms in total. The molecule has 0 aliphatic heterocycles. The molecule has 5 aromatic heterocycles. The Morgan fingerprint density at radius 1 is 0.211 bits per heavy atom. The number of hydrogen-bond acceptors (Lipinski definition) is 7. The third kappa shape index (κ3) is 42.0. The van der Waals surface area contributed by atoms with Crippen molar-refractivity contribution < 1.29 is 0 Å². The molecule has 6 aromatic carbocycles. The van der Waals surface area contributed by atoms with Gasteiger partial charge in [-0.3, -0.25) is 24.9 Å². The quantitative estimate of drug-likeness (QED) is 0.149. The van der Waals surface area contributed by atoms with Crippen LogP contribution >= 0.6 is 0 Å². The van der Waals surface area contributed by atoms with E-state index in [2.05, 4.69) is 183 Å². The first kappa shape index (κ1) is 129. The molecule has 17 rings (SSSR count). The van der Waals surface area contributed by atoms with Crippen molar-refractivity contribution in [3.05, 3.63) is 316 Å². The summed E-state index contributed by atoms with van der Waals surface area (Å²) in [4.78, 5) is 27.0. The first-order valence-corrected chi connectivity index (χ1v) is 47.6. The minimum Gasteiger partial charge on any atom is -0.265 e. The molecule has 0 bridgehead atoms. The molecule has 6 aliphatic rings. The molecule has 0 amide bonds. The van der Waals surface area contributed by atoms with Gasteiger partial charge in [-0.1, -0.05) is 425 Å². The highest BCUT2D eigenvalue weighted by molar-refractivity contribution is 5.84. The van der Waals surface area contributed by atoms with E-state index in [1.165, 1.54) is 164 Å². The number of rotatable bonds is 0. The zero-order chi connectivity index (χ0) is 92.2. The maximum absolute atomic E-state index is 3.98. The monoisotopic (exact) mass is 1680 g/mol. The van der Waals surface area contributed by atoms with Gasteiger partial charge in [0.05, 0.1) is 5.69 Å². The van der Waals surface area contributed by atoms with Crippen LogP contribution in [0.15, 0.2) is 238 Å². The molecule has 0 N–H and O–H groups in total. The van der Waals surface area contributed by atoms with Crippen molar-refractivity contribution in [3.63, 3.8) is 0 Å². The summed E-state index contributed by atoms with van der Waals surface area (Å²) in [6, 6.07) is 63.9. The Labute approximate surface area is 763 Å². The van der Waals surface area contributed by atoms with Crippen LogP contribution in [0.1, 0.15) is 391 Å². The lowest BCUT2D eigenvalue weighted by Crippen LogP contribution is -2.28. The molecule has 7 heteroatoms. The molecule has 123 heavy (non-hydrogen) atoms. The third-order valence-corrected chi connectivity index (χ3v) is 19.4. The predicted molar refractivity (Wildman–Crippen MR) is 561 cm³/mol. The summed E-state index contributed by atoms with van der Waals surface area (Å²) in [6.07, 6.45) is 37.8. The van der Waals surface area contributed by atoms with Gasteiger partial charge in [0.25, 0.3) is 0 Å². The molecule has 3 saturated carbocycles. The minimum absolute atomic E-state index is 0. The molecular formula is C116H189N7. The van der Waals surface area contributed by atoms with Crippen molar-refractivity contribution in [2.24, 2.45) is 0 Å². The highest BCUT2D eigenvalue weighted by Gasteiger charge is 2.46. The van der Waals surface area contributed by atoms with E-state index in [4.69, 9.17) is 0 Å². The first-order valence-electron chi connectivity index (χ1n) is 47.6. The lowest BCUT2D eigenvalue weighted by molar-refractivity contribution is 0.352. The topological polar surface area (TPSA) is 90.2 Å². The molecule has 6 aliphatic carbocycles. The molecule has 0 saturated heterocycles. The number of nitrogens with zero attached hydrogens (tertiary/aromatic N) is 7. The Bertz CT molecular complexity index is 3830. The van der Waals surface area contributed by atoms with Gasteiger partial charge in [-0.05, 0) is 214 Å². The van der Waals surface area contributed by atoms with Gasteiger partial charge in [-0.15, -0.1) is 0 Å². The van der Waals surface area contributed by atoms with E-state index in [-0.39, 0.29) is 22.3 Å². The lowest BCUT2D eigenvalue weighted by atomic mass is 9.68. The second kappa shape index (κ2) is 83.8. The predicted octanol–water partition coefficient (Wildman–Crippen LogP) is 37.7. The van der Waals surface area contributed by atoms with Crippen molar-refractivity contribution >= 4 is 0 Å². The van der Waals surface area contributed by atoms with Crippen LogP contribution in [0.5, 0.6) is 0 Å². The Kier molecular flexibility index (Phi) is 88.2. The van der Waals surface area contributed by atoms with Crippen molar-refractivity contribution in [2.75, 3.05) is 0 Å². The molecule has 0 unspecified atom stereocenters. The van der Waals surface area contributed by atoms with Crippen LogP contribution in [0.3, 0.4) is 0 Å². The zero-order valence-corrected chi connectivity index (χ0v) is 83.8. The number of aryl methyl sites for hydroxylation is 8. The van der Waals surface area contributed by atoms with Gasteiger partial charge in [-0.2, -0.15) is 0 Å². The fourth-order valence-electron chi connectivity index (χ4n) is 15.0. The molecule has 3 fully saturated rings. The van der Waals surface area contributed by atoms with Gasteiger partial charge in [0.1, 0.15) is 6.33 Å². The van der Waals surface area contributed by atoms with Gasteiger partial charge in [0.15, 0.2) is 0 Å². The first-order chi connectivity index (χ1) is 58.9. The van der Waals surface area contributed by atoms with Crippen LogP contribution in [0, 0.1) is 55.4 Å². The summed E-state index contributed by atoms with van der Waals surface area (Å²) < 4.78 is 0. The summed E-state index contributed by atoms with van der Waals surface area (Å²) in [6.45, 7) is 72.6. The van der Waals surface area contributed by atoms with Crippen LogP contribution in [0.25, 0.3) is 33.4 Å². The van der Waals surface area contributed by atoms with Crippen molar-refractivity contribution in [1.29, 1.82) is 0 Å². The normalized spacial score (nSPS) is 12.1. The standard InChI is InChI=1S/3C19H20.3C6H7N.2C5H6N2.14C2H6.3CH4/c1-14-8-7-11-17-18(14)15-9-3-4-10-16(15)19(17)12-5-2-6-13-19;1-14-9-10-18-16(13-14)15-7-3-4-8-17(15)19(18)11-5-2-6-12-19;1-14-9-10-16-15-7-3-4-8-17(15)19(18(16)13-14)11-5-2-6-12-19;1-6-2-4-7-5-3-6;1-6-3-2-4-7-5-6;1-6-4-2-3-5-7-6;1-5-4-6-2-3-7-5;1-5-2-3-6-4-7-5;14*1-2;;;/h3-4,7-11H,2,5-6,12-13H2,1H3;2*3-4,7-10,13H,2,5-6,11-12H2,1H3;3*2-5H,1H3;2*2-4H,1H3;14*1-2H3;3*1H4. The fourth-order valence-corrected chi connectivity index (χ4v) is 15.0. The van der Waals surface area contributed by atoms with E-state index in [1.54, 1.807) is 83.0 Å². The molecule has 11 aromatic rings. The second-order valence-corrected chi connectivity index (χ2v) is 25.9. The average molecular weight is 1680 g/mol. The largest absolute Gasteiger partial charge is 0.265 e. The van der Waals surface area contributed by atoms with E-state index in [1.807, 2.05) is 283 Å². The van der Waals surface area contributed by atoms with E-state index >= 15 is 0 Å². The fraction of sp³-hybridized carbons (Fsp3) is 0.491. The summed E-state index contributed by atoms with van der Waals surface area (Å²) >= 11 is 0.